The van der Waals surface area contributed by atoms with E-state index in [1.165, 1.54) is 28.4 Å². The number of rotatable bonds is 6. The first-order valence-corrected chi connectivity index (χ1v) is 12.2. The lowest BCUT2D eigenvalue weighted by molar-refractivity contribution is -0.134. The van der Waals surface area contributed by atoms with E-state index in [0.717, 1.165) is 5.01 Å². The molecule has 1 atom stereocenters. The Morgan fingerprint density at radius 3 is 2.64 bits per heavy atom. The van der Waals surface area contributed by atoms with E-state index < -0.39 is 11.6 Å². The lowest BCUT2D eigenvalue weighted by atomic mass is 9.73. The number of carbonyl (C=O) groups is 3. The van der Waals surface area contributed by atoms with Crippen molar-refractivity contribution >= 4 is 29.2 Å². The number of aromatic nitrogens is 1. The van der Waals surface area contributed by atoms with E-state index >= 15 is 0 Å². The Morgan fingerprint density at radius 2 is 2.03 bits per heavy atom. The zero-order valence-corrected chi connectivity index (χ0v) is 20.0. The number of imide groups is 1. The number of amides is 4. The Labute approximate surface area is 197 Å². The predicted molar refractivity (Wildman–Crippen MR) is 123 cm³/mol. The minimum absolute atomic E-state index is 0.111. The van der Waals surface area contributed by atoms with Crippen molar-refractivity contribution in [2.75, 3.05) is 19.6 Å². The fourth-order valence-corrected chi connectivity index (χ4v) is 5.47. The molecule has 0 bridgehead atoms. The molecule has 0 radical (unpaired) electrons. The zero-order valence-electron chi connectivity index (χ0n) is 19.1. The first-order valence-electron chi connectivity index (χ1n) is 11.3. The van der Waals surface area contributed by atoms with E-state index in [9.17, 15) is 18.8 Å². The fraction of sp³-hybridized carbons (Fsp3) is 0.500. The monoisotopic (exact) mass is 472 g/mol. The SMILES string of the molecule is Cc1nc(C(=O)N2CCC([C@@]3(Cc4cccc(F)c4)NC(=O)N(CC(C)C)C3=O)CC2)cs1. The summed E-state index contributed by atoms with van der Waals surface area (Å²) in [5.41, 5.74) is -0.0446. The Balaban J connectivity index is 1.57. The minimum atomic E-state index is -1.15. The molecule has 1 N–H and O–H groups in total. The normalized spacial score (nSPS) is 21.7. The maximum atomic E-state index is 13.9. The molecule has 2 aromatic rings. The molecule has 4 amide bonds. The number of hydrogen-bond donors (Lipinski definition) is 1. The van der Waals surface area contributed by atoms with Crippen LogP contribution in [-0.2, 0) is 11.2 Å². The fourth-order valence-electron chi connectivity index (χ4n) is 4.88. The van der Waals surface area contributed by atoms with Crippen LogP contribution in [0.3, 0.4) is 0 Å². The van der Waals surface area contributed by atoms with Gasteiger partial charge in [-0.3, -0.25) is 14.5 Å². The molecule has 7 nitrogen and oxygen atoms in total. The number of likely N-dealkylation sites (tertiary alicyclic amines) is 1. The van der Waals surface area contributed by atoms with Crippen molar-refractivity contribution in [2.24, 2.45) is 11.8 Å². The van der Waals surface area contributed by atoms with Crippen LogP contribution in [0.5, 0.6) is 0 Å². The number of carbonyl (C=O) groups excluding carboxylic acids is 3. The van der Waals surface area contributed by atoms with Gasteiger partial charge in [-0.15, -0.1) is 11.3 Å². The molecule has 1 aromatic heterocycles. The van der Waals surface area contributed by atoms with Gasteiger partial charge in [0.15, 0.2) is 0 Å². The Bertz CT molecular complexity index is 1060. The van der Waals surface area contributed by atoms with Crippen molar-refractivity contribution in [1.82, 2.24) is 20.1 Å². The van der Waals surface area contributed by atoms with Gasteiger partial charge in [0.25, 0.3) is 11.8 Å². The largest absolute Gasteiger partial charge is 0.337 e. The summed E-state index contributed by atoms with van der Waals surface area (Å²) >= 11 is 1.44. The van der Waals surface area contributed by atoms with E-state index in [2.05, 4.69) is 10.3 Å². The van der Waals surface area contributed by atoms with Crippen LogP contribution >= 0.6 is 11.3 Å². The van der Waals surface area contributed by atoms with Crippen LogP contribution < -0.4 is 5.32 Å². The summed E-state index contributed by atoms with van der Waals surface area (Å²) in [7, 11) is 0. The average Bonchev–Trinajstić information content (AvgIpc) is 3.30. The van der Waals surface area contributed by atoms with Gasteiger partial charge < -0.3 is 10.2 Å². The van der Waals surface area contributed by atoms with Gasteiger partial charge in [0, 0.05) is 31.4 Å². The van der Waals surface area contributed by atoms with Gasteiger partial charge in [-0.2, -0.15) is 0 Å². The highest BCUT2D eigenvalue weighted by Crippen LogP contribution is 2.37. The number of benzene rings is 1. The Hall–Kier alpha value is -2.81. The smallest absolute Gasteiger partial charge is 0.325 e. The number of nitrogens with one attached hydrogen (secondary N) is 1. The molecule has 2 fully saturated rings. The van der Waals surface area contributed by atoms with E-state index in [4.69, 9.17) is 0 Å². The molecule has 2 aliphatic rings. The second-order valence-corrected chi connectivity index (χ2v) is 10.4. The van der Waals surface area contributed by atoms with E-state index in [1.54, 1.807) is 22.4 Å². The van der Waals surface area contributed by atoms with Crippen LogP contribution in [0, 0.1) is 24.6 Å². The van der Waals surface area contributed by atoms with Crippen molar-refractivity contribution < 1.29 is 18.8 Å². The van der Waals surface area contributed by atoms with Gasteiger partial charge in [0.1, 0.15) is 17.1 Å². The lowest BCUT2D eigenvalue weighted by Crippen LogP contribution is -2.58. The van der Waals surface area contributed by atoms with Gasteiger partial charge in [0.05, 0.1) is 5.01 Å². The number of hydrogen-bond acceptors (Lipinski definition) is 5. The first-order chi connectivity index (χ1) is 15.7. The lowest BCUT2D eigenvalue weighted by Gasteiger charge is -2.41. The summed E-state index contributed by atoms with van der Waals surface area (Å²) in [6.07, 6.45) is 1.34. The summed E-state index contributed by atoms with van der Waals surface area (Å²) < 4.78 is 13.9. The average molecular weight is 473 g/mol. The summed E-state index contributed by atoms with van der Waals surface area (Å²) in [6.45, 7) is 7.04. The summed E-state index contributed by atoms with van der Waals surface area (Å²) in [6, 6.07) is 5.76. The van der Waals surface area contributed by atoms with Crippen LogP contribution in [0.4, 0.5) is 9.18 Å². The molecular weight excluding hydrogens is 443 g/mol. The number of urea groups is 1. The van der Waals surface area contributed by atoms with Crippen molar-refractivity contribution in [3.8, 4) is 0 Å². The van der Waals surface area contributed by atoms with Gasteiger partial charge >= 0.3 is 6.03 Å². The van der Waals surface area contributed by atoms with E-state index in [-0.39, 0.29) is 35.9 Å². The highest BCUT2D eigenvalue weighted by Gasteiger charge is 2.56. The summed E-state index contributed by atoms with van der Waals surface area (Å²) in [5, 5.41) is 5.59. The van der Waals surface area contributed by atoms with Crippen molar-refractivity contribution in [3.63, 3.8) is 0 Å². The van der Waals surface area contributed by atoms with Gasteiger partial charge in [-0.25, -0.2) is 14.2 Å². The number of nitrogens with zero attached hydrogens (tertiary/aromatic N) is 3. The molecule has 0 aliphatic carbocycles. The maximum absolute atomic E-state index is 13.9. The molecular formula is C24H29FN4O3S. The molecule has 9 heteroatoms. The molecule has 3 heterocycles. The van der Waals surface area contributed by atoms with Gasteiger partial charge in [-0.1, -0.05) is 26.0 Å². The molecule has 33 heavy (non-hydrogen) atoms. The Morgan fingerprint density at radius 1 is 1.30 bits per heavy atom. The third kappa shape index (κ3) is 4.64. The van der Waals surface area contributed by atoms with Gasteiger partial charge in [0.2, 0.25) is 0 Å². The van der Waals surface area contributed by atoms with Gasteiger partial charge in [-0.05, 0) is 49.3 Å². The number of piperidine rings is 1. The van der Waals surface area contributed by atoms with Crippen molar-refractivity contribution in [1.29, 1.82) is 0 Å². The molecule has 0 saturated carbocycles. The highest BCUT2D eigenvalue weighted by molar-refractivity contribution is 7.09. The maximum Gasteiger partial charge on any atom is 0.325 e. The van der Waals surface area contributed by atoms with Crippen LogP contribution in [0.25, 0.3) is 0 Å². The second-order valence-electron chi connectivity index (χ2n) is 9.34. The molecule has 1 aromatic carbocycles. The summed E-state index contributed by atoms with van der Waals surface area (Å²) in [4.78, 5) is 46.7. The van der Waals surface area contributed by atoms with Crippen molar-refractivity contribution in [2.45, 2.75) is 45.6 Å². The van der Waals surface area contributed by atoms with Crippen LogP contribution in [0.15, 0.2) is 29.6 Å². The van der Waals surface area contributed by atoms with Crippen LogP contribution in [0.2, 0.25) is 0 Å². The van der Waals surface area contributed by atoms with Crippen LogP contribution in [-0.4, -0.2) is 57.8 Å². The quantitative estimate of drug-likeness (QED) is 0.651. The molecule has 0 unspecified atom stereocenters. The van der Waals surface area contributed by atoms with Crippen LogP contribution in [0.1, 0.15) is 47.7 Å². The predicted octanol–water partition coefficient (Wildman–Crippen LogP) is 3.63. The molecule has 4 rings (SSSR count). The van der Waals surface area contributed by atoms with E-state index in [0.29, 0.717) is 43.7 Å². The molecule has 0 spiro atoms. The van der Waals surface area contributed by atoms with Crippen molar-refractivity contribution in [3.05, 3.63) is 51.7 Å². The number of thiazole rings is 1. The topological polar surface area (TPSA) is 82.6 Å². The third-order valence-corrected chi connectivity index (χ3v) is 7.21. The molecule has 2 aliphatic heterocycles. The zero-order chi connectivity index (χ0) is 23.8. The van der Waals surface area contributed by atoms with E-state index in [1.807, 2.05) is 20.8 Å². The standard InChI is InChI=1S/C24H29FN4O3S/c1-15(2)13-29-22(31)24(27-23(29)32,12-17-5-4-6-19(25)11-17)18-7-9-28(10-8-18)21(30)20-14-33-16(3)26-20/h4-6,11,14-15,18H,7-10,12-13H2,1-3H3,(H,27,32)/t24-/m1/s1. The highest BCUT2D eigenvalue weighted by atomic mass is 32.1. The summed E-state index contributed by atoms with van der Waals surface area (Å²) in [5.74, 6) is -0.788. The minimum Gasteiger partial charge on any atom is -0.337 e. The molecule has 2 saturated heterocycles. The third-order valence-electron chi connectivity index (χ3n) is 6.44. The molecule has 176 valence electrons. The number of halogens is 1. The second kappa shape index (κ2) is 9.21. The number of aryl methyl sites for hydroxylation is 1. The first kappa shape index (κ1) is 23.4. The Kier molecular flexibility index (Phi) is 6.52.